The quantitative estimate of drug-likeness (QED) is 0.861. The SMILES string of the molecule is CCC(O)c1ccc(N2CCCC(CO)C2)cc1. The van der Waals surface area contributed by atoms with Crippen LogP contribution in [0.3, 0.4) is 0 Å². The zero-order valence-electron chi connectivity index (χ0n) is 11.0. The third-order valence-electron chi connectivity index (χ3n) is 3.81. The van der Waals surface area contributed by atoms with Crippen molar-refractivity contribution in [2.75, 3.05) is 24.6 Å². The molecule has 0 bridgehead atoms. The minimum absolute atomic E-state index is 0.281. The number of nitrogens with zero attached hydrogens (tertiary/aromatic N) is 1. The molecule has 18 heavy (non-hydrogen) atoms. The molecule has 2 rings (SSSR count). The van der Waals surface area contributed by atoms with E-state index in [1.54, 1.807) is 0 Å². The normalized spacial score (nSPS) is 21.9. The number of hydrogen-bond acceptors (Lipinski definition) is 3. The summed E-state index contributed by atoms with van der Waals surface area (Å²) in [5.41, 5.74) is 2.18. The zero-order chi connectivity index (χ0) is 13.0. The standard InChI is InChI=1S/C15H23NO2/c1-2-15(18)13-5-7-14(8-6-13)16-9-3-4-12(10-16)11-17/h5-8,12,15,17-18H,2-4,9-11H2,1H3. The van der Waals surface area contributed by atoms with Crippen LogP contribution in [0, 0.1) is 5.92 Å². The minimum Gasteiger partial charge on any atom is -0.396 e. The van der Waals surface area contributed by atoms with Crippen LogP contribution in [0.1, 0.15) is 37.9 Å². The number of aliphatic hydroxyl groups excluding tert-OH is 2. The van der Waals surface area contributed by atoms with Gasteiger partial charge in [-0.2, -0.15) is 0 Å². The van der Waals surface area contributed by atoms with Crippen molar-refractivity contribution < 1.29 is 10.2 Å². The fourth-order valence-corrected chi connectivity index (χ4v) is 2.59. The number of aliphatic hydroxyl groups is 2. The predicted octanol–water partition coefficient (Wildman–Crippen LogP) is 2.34. The molecule has 2 N–H and O–H groups in total. The van der Waals surface area contributed by atoms with Crippen molar-refractivity contribution in [1.29, 1.82) is 0 Å². The maximum absolute atomic E-state index is 9.76. The highest BCUT2D eigenvalue weighted by Gasteiger charge is 2.19. The Morgan fingerprint density at radius 2 is 2.06 bits per heavy atom. The Morgan fingerprint density at radius 3 is 2.67 bits per heavy atom. The third-order valence-corrected chi connectivity index (χ3v) is 3.81. The van der Waals surface area contributed by atoms with Gasteiger partial charge in [0.15, 0.2) is 0 Å². The van der Waals surface area contributed by atoms with Gasteiger partial charge in [-0.05, 0) is 42.9 Å². The highest BCUT2D eigenvalue weighted by Crippen LogP contribution is 2.25. The van der Waals surface area contributed by atoms with Crippen LogP contribution >= 0.6 is 0 Å². The zero-order valence-corrected chi connectivity index (χ0v) is 11.0. The Hall–Kier alpha value is -1.06. The molecule has 1 saturated heterocycles. The first-order chi connectivity index (χ1) is 8.74. The lowest BCUT2D eigenvalue weighted by atomic mass is 9.98. The van der Waals surface area contributed by atoms with E-state index in [2.05, 4.69) is 17.0 Å². The van der Waals surface area contributed by atoms with E-state index in [-0.39, 0.29) is 12.7 Å². The predicted molar refractivity (Wildman–Crippen MR) is 73.7 cm³/mol. The van der Waals surface area contributed by atoms with Crippen LogP contribution < -0.4 is 4.90 Å². The van der Waals surface area contributed by atoms with Crippen molar-refractivity contribution in [3.63, 3.8) is 0 Å². The highest BCUT2D eigenvalue weighted by atomic mass is 16.3. The molecule has 2 unspecified atom stereocenters. The minimum atomic E-state index is -0.356. The molecule has 3 nitrogen and oxygen atoms in total. The van der Waals surface area contributed by atoms with E-state index in [9.17, 15) is 10.2 Å². The van der Waals surface area contributed by atoms with Gasteiger partial charge in [0, 0.05) is 25.4 Å². The fourth-order valence-electron chi connectivity index (χ4n) is 2.59. The van der Waals surface area contributed by atoms with Crippen molar-refractivity contribution in [3.05, 3.63) is 29.8 Å². The van der Waals surface area contributed by atoms with Crippen molar-refractivity contribution in [3.8, 4) is 0 Å². The largest absolute Gasteiger partial charge is 0.396 e. The summed E-state index contributed by atoms with van der Waals surface area (Å²) in [6, 6.07) is 8.17. The highest BCUT2D eigenvalue weighted by molar-refractivity contribution is 5.48. The Morgan fingerprint density at radius 1 is 1.33 bits per heavy atom. The lowest BCUT2D eigenvalue weighted by molar-refractivity contribution is 0.173. The number of hydrogen-bond donors (Lipinski definition) is 2. The molecule has 3 heteroatoms. The summed E-state index contributed by atoms with van der Waals surface area (Å²) in [6.07, 6.45) is 2.66. The average Bonchev–Trinajstić information content (AvgIpc) is 2.46. The Kier molecular flexibility index (Phi) is 4.61. The molecule has 1 aliphatic rings. The lowest BCUT2D eigenvalue weighted by Gasteiger charge is -2.33. The number of piperidine rings is 1. The van der Waals surface area contributed by atoms with Gasteiger partial charge in [-0.1, -0.05) is 19.1 Å². The second-order valence-corrected chi connectivity index (χ2v) is 5.15. The summed E-state index contributed by atoms with van der Waals surface area (Å²) in [7, 11) is 0. The number of rotatable bonds is 4. The smallest absolute Gasteiger partial charge is 0.0787 e. The average molecular weight is 249 g/mol. The first kappa shape index (κ1) is 13.4. The van der Waals surface area contributed by atoms with Crippen molar-refractivity contribution in [1.82, 2.24) is 0 Å². The van der Waals surface area contributed by atoms with Crippen molar-refractivity contribution >= 4 is 5.69 Å². The van der Waals surface area contributed by atoms with Gasteiger partial charge in [0.05, 0.1) is 6.10 Å². The summed E-state index contributed by atoms with van der Waals surface area (Å²) < 4.78 is 0. The van der Waals surface area contributed by atoms with Crippen LogP contribution in [-0.2, 0) is 0 Å². The molecule has 0 amide bonds. The van der Waals surface area contributed by atoms with E-state index in [1.807, 2.05) is 19.1 Å². The van der Waals surface area contributed by atoms with Crippen LogP contribution in [0.25, 0.3) is 0 Å². The first-order valence-electron chi connectivity index (χ1n) is 6.88. The topological polar surface area (TPSA) is 43.7 Å². The molecule has 1 aliphatic heterocycles. The molecule has 2 atom stereocenters. The van der Waals surface area contributed by atoms with Gasteiger partial charge >= 0.3 is 0 Å². The molecule has 1 fully saturated rings. The maximum Gasteiger partial charge on any atom is 0.0787 e. The van der Waals surface area contributed by atoms with Crippen molar-refractivity contribution in [2.24, 2.45) is 5.92 Å². The van der Waals surface area contributed by atoms with Crippen LogP contribution in [0.4, 0.5) is 5.69 Å². The van der Waals surface area contributed by atoms with E-state index >= 15 is 0 Å². The van der Waals surface area contributed by atoms with E-state index in [4.69, 9.17) is 0 Å². The van der Waals surface area contributed by atoms with Gasteiger partial charge in [0.25, 0.3) is 0 Å². The monoisotopic (exact) mass is 249 g/mol. The molecular formula is C15H23NO2. The summed E-state index contributed by atoms with van der Waals surface area (Å²) in [6.45, 7) is 4.26. The van der Waals surface area contributed by atoms with Crippen LogP contribution in [-0.4, -0.2) is 29.9 Å². The van der Waals surface area contributed by atoms with Gasteiger partial charge in [-0.3, -0.25) is 0 Å². The van der Waals surface area contributed by atoms with Crippen LogP contribution in [0.2, 0.25) is 0 Å². The third kappa shape index (κ3) is 3.03. The first-order valence-corrected chi connectivity index (χ1v) is 6.88. The van der Waals surface area contributed by atoms with E-state index in [0.717, 1.165) is 37.9 Å². The van der Waals surface area contributed by atoms with Gasteiger partial charge in [-0.15, -0.1) is 0 Å². The van der Waals surface area contributed by atoms with Crippen molar-refractivity contribution in [2.45, 2.75) is 32.3 Å². The summed E-state index contributed by atoms with van der Waals surface area (Å²) >= 11 is 0. The maximum atomic E-state index is 9.76. The van der Waals surface area contributed by atoms with E-state index in [1.165, 1.54) is 5.69 Å². The Bertz CT molecular complexity index is 363. The molecule has 1 aromatic rings. The molecule has 1 aromatic carbocycles. The Balaban J connectivity index is 2.04. The number of benzene rings is 1. The van der Waals surface area contributed by atoms with E-state index < -0.39 is 0 Å². The Labute approximate surface area is 109 Å². The second kappa shape index (κ2) is 6.21. The lowest BCUT2D eigenvalue weighted by Crippen LogP contribution is -2.36. The molecule has 0 aromatic heterocycles. The summed E-state index contributed by atoms with van der Waals surface area (Å²) in [5.74, 6) is 0.402. The second-order valence-electron chi connectivity index (χ2n) is 5.15. The van der Waals surface area contributed by atoms with Gasteiger partial charge in [0.1, 0.15) is 0 Å². The van der Waals surface area contributed by atoms with Crippen LogP contribution in [0.5, 0.6) is 0 Å². The number of anilines is 1. The summed E-state index contributed by atoms with van der Waals surface area (Å²) in [4.78, 5) is 2.33. The molecule has 0 saturated carbocycles. The van der Waals surface area contributed by atoms with E-state index in [0.29, 0.717) is 5.92 Å². The molecule has 0 aliphatic carbocycles. The van der Waals surface area contributed by atoms with Gasteiger partial charge in [-0.25, -0.2) is 0 Å². The fraction of sp³-hybridized carbons (Fsp3) is 0.600. The molecule has 1 heterocycles. The molecule has 0 radical (unpaired) electrons. The van der Waals surface area contributed by atoms with Gasteiger partial charge < -0.3 is 15.1 Å². The van der Waals surface area contributed by atoms with Crippen LogP contribution in [0.15, 0.2) is 24.3 Å². The summed E-state index contributed by atoms with van der Waals surface area (Å²) in [5, 5.41) is 19.0. The molecular weight excluding hydrogens is 226 g/mol. The van der Waals surface area contributed by atoms with Gasteiger partial charge in [0.2, 0.25) is 0 Å². The molecule has 100 valence electrons. The molecule has 0 spiro atoms.